The molecule has 9 nitrogen and oxygen atoms in total. The summed E-state index contributed by atoms with van der Waals surface area (Å²) in [6.45, 7) is 4.96. The van der Waals surface area contributed by atoms with Crippen molar-refractivity contribution in [3.8, 4) is 0 Å². The standard InChI is InChI=1S/C22H21BO3.2C18H16NO2/c24-23(25)26-18-10-17-22(19-11-4-1-5-12-19,20-13-6-2-7-14-20)21-15-8-3-9-16-21;2*1-2-21-19-13-6-5-12-17(19)18(20)16-11-7-9-14-8-3-4-10-15(14)16/h1-9,11-16H,10,17-18H2;2*3-13H,2H2,1H3/q-2;2*+1. The minimum absolute atomic E-state index is 0.0409. The molecule has 0 aliphatic rings. The maximum Gasteiger partial charge on any atom is 0.305 e. The van der Waals surface area contributed by atoms with Crippen molar-refractivity contribution in [3.05, 3.63) is 264 Å². The summed E-state index contributed by atoms with van der Waals surface area (Å²) in [6, 6.07) is 69.3. The SMILES string of the molecule is CCO[n+]1ccccc1C(=O)c1cccc2ccccc12.CCO[n+]1ccccc1C(=O)c1cccc2ccccc12.[O-]B([O-])OCCCC(c1ccccc1)(c1ccccc1)c1ccccc1. The molecule has 0 radical (unpaired) electrons. The summed E-state index contributed by atoms with van der Waals surface area (Å²) in [6.07, 6.45) is 4.85. The van der Waals surface area contributed by atoms with E-state index in [0.29, 0.717) is 42.1 Å². The average molecular weight is 901 g/mol. The van der Waals surface area contributed by atoms with E-state index in [-0.39, 0.29) is 23.6 Å². The molecule has 7 aromatic carbocycles. The van der Waals surface area contributed by atoms with Gasteiger partial charge in [-0.15, -0.1) is 0 Å². The second-order valence-corrected chi connectivity index (χ2v) is 15.6. The molecule has 0 atom stereocenters. The van der Waals surface area contributed by atoms with E-state index in [1.54, 1.807) is 24.5 Å². The molecule has 0 spiro atoms. The summed E-state index contributed by atoms with van der Waals surface area (Å²) >= 11 is 0. The van der Waals surface area contributed by atoms with Crippen LogP contribution in [0.5, 0.6) is 0 Å². The van der Waals surface area contributed by atoms with E-state index >= 15 is 0 Å². The number of aromatic nitrogens is 2. The number of fused-ring (bicyclic) bond motifs is 2. The molecule has 0 saturated carbocycles. The van der Waals surface area contributed by atoms with Crippen LogP contribution in [0.4, 0.5) is 0 Å². The Labute approximate surface area is 398 Å². The third kappa shape index (κ3) is 11.6. The molecule has 2 aromatic heterocycles. The average Bonchev–Trinajstić information content (AvgIpc) is 3.39. The van der Waals surface area contributed by atoms with Crippen LogP contribution in [-0.4, -0.2) is 38.7 Å². The number of carbonyl (C=O) groups is 2. The van der Waals surface area contributed by atoms with Gasteiger partial charge in [0.1, 0.15) is 0 Å². The maximum absolute atomic E-state index is 12.9. The fourth-order valence-corrected chi connectivity index (χ4v) is 8.45. The molecule has 0 bridgehead atoms. The molecule has 2 heterocycles. The second kappa shape index (κ2) is 24.1. The molecule has 68 heavy (non-hydrogen) atoms. The highest BCUT2D eigenvalue weighted by atomic mass is 16.7. The molecule has 9 aromatic rings. The van der Waals surface area contributed by atoms with Gasteiger partial charge in [0, 0.05) is 56.9 Å². The molecule has 9 rings (SSSR count). The van der Waals surface area contributed by atoms with Crippen molar-refractivity contribution in [1.29, 1.82) is 0 Å². The van der Waals surface area contributed by atoms with Crippen LogP contribution in [-0.2, 0) is 10.1 Å². The van der Waals surface area contributed by atoms with Crippen LogP contribution in [0.25, 0.3) is 21.5 Å². The van der Waals surface area contributed by atoms with Gasteiger partial charge in [-0.05, 0) is 77.1 Å². The predicted octanol–water partition coefficient (Wildman–Crippen LogP) is 8.14. The van der Waals surface area contributed by atoms with E-state index in [2.05, 4.69) is 36.4 Å². The van der Waals surface area contributed by atoms with Crippen LogP contribution in [0, 0.1) is 0 Å². The quantitative estimate of drug-likeness (QED) is 0.0316. The van der Waals surface area contributed by atoms with Crippen molar-refractivity contribution in [2.24, 2.45) is 0 Å². The molecular weight excluding hydrogens is 847 g/mol. The zero-order valence-electron chi connectivity index (χ0n) is 38.2. The number of rotatable bonds is 16. The van der Waals surface area contributed by atoms with E-state index in [9.17, 15) is 19.6 Å². The van der Waals surface area contributed by atoms with Crippen molar-refractivity contribution < 1.29 is 43.4 Å². The Morgan fingerprint density at radius 1 is 0.471 bits per heavy atom. The van der Waals surface area contributed by atoms with Crippen molar-refractivity contribution in [2.45, 2.75) is 32.1 Å². The molecule has 0 N–H and O–H groups in total. The topological polar surface area (TPSA) is 116 Å². The lowest BCUT2D eigenvalue weighted by Gasteiger charge is -2.37. The lowest BCUT2D eigenvalue weighted by molar-refractivity contribution is -0.891. The van der Waals surface area contributed by atoms with Gasteiger partial charge in [-0.1, -0.05) is 176 Å². The van der Waals surface area contributed by atoms with Gasteiger partial charge in [-0.25, -0.2) is 0 Å². The Balaban J connectivity index is 0.000000152. The molecule has 0 aliphatic carbocycles. The van der Waals surface area contributed by atoms with Crippen LogP contribution in [0.15, 0.2) is 225 Å². The number of nitrogens with zero attached hydrogens (tertiary/aromatic N) is 2. The second-order valence-electron chi connectivity index (χ2n) is 15.6. The summed E-state index contributed by atoms with van der Waals surface area (Å²) in [7, 11) is -2.23. The van der Waals surface area contributed by atoms with Gasteiger partial charge in [0.25, 0.3) is 11.6 Å². The van der Waals surface area contributed by atoms with Gasteiger partial charge in [0.15, 0.2) is 13.2 Å². The summed E-state index contributed by atoms with van der Waals surface area (Å²) in [5.74, 6) is -0.0818. The fourth-order valence-electron chi connectivity index (χ4n) is 8.45. The molecular formula is C58H53BN2O7. The van der Waals surface area contributed by atoms with Crippen LogP contribution in [0.3, 0.4) is 0 Å². The Bertz CT molecular complexity index is 2780. The predicted molar refractivity (Wildman–Crippen MR) is 262 cm³/mol. The summed E-state index contributed by atoms with van der Waals surface area (Å²) in [5.41, 5.74) is 5.59. The number of benzene rings is 7. The lowest BCUT2D eigenvalue weighted by atomic mass is 9.67. The first-order chi connectivity index (χ1) is 33.3. The molecule has 0 amide bonds. The third-order valence-electron chi connectivity index (χ3n) is 11.5. The fraction of sp³-hybridized carbons (Fsp3) is 0.138. The molecule has 10 heteroatoms. The highest BCUT2D eigenvalue weighted by molar-refractivity contribution is 6.28. The maximum atomic E-state index is 12.9. The Kier molecular flexibility index (Phi) is 17.1. The van der Waals surface area contributed by atoms with Crippen LogP contribution in [0.1, 0.15) is 75.5 Å². The Hall–Kier alpha value is -7.76. The molecule has 0 aliphatic heterocycles. The highest BCUT2D eigenvalue weighted by Gasteiger charge is 2.35. The Morgan fingerprint density at radius 3 is 1.24 bits per heavy atom. The molecule has 0 fully saturated rings. The first kappa shape index (κ1) is 48.2. The van der Waals surface area contributed by atoms with Gasteiger partial charge in [-0.2, -0.15) is 0 Å². The van der Waals surface area contributed by atoms with Gasteiger partial charge in [-0.3, -0.25) is 19.3 Å². The normalized spacial score (nSPS) is 10.8. The summed E-state index contributed by atoms with van der Waals surface area (Å²) in [5, 5.41) is 25.4. The summed E-state index contributed by atoms with van der Waals surface area (Å²) < 4.78 is 7.80. The Morgan fingerprint density at radius 2 is 0.838 bits per heavy atom. The number of hydrogen-bond donors (Lipinski definition) is 0. The van der Waals surface area contributed by atoms with Crippen molar-refractivity contribution in [2.75, 3.05) is 19.8 Å². The molecule has 340 valence electrons. The van der Waals surface area contributed by atoms with Gasteiger partial charge in [0.05, 0.1) is 7.32 Å². The van der Waals surface area contributed by atoms with E-state index in [1.807, 2.05) is 178 Å². The van der Waals surface area contributed by atoms with E-state index < -0.39 is 7.32 Å². The van der Waals surface area contributed by atoms with E-state index in [0.717, 1.165) is 28.0 Å². The van der Waals surface area contributed by atoms with Crippen molar-refractivity contribution >= 4 is 40.4 Å². The first-order valence-corrected chi connectivity index (χ1v) is 22.8. The van der Waals surface area contributed by atoms with Gasteiger partial charge >= 0.3 is 11.4 Å². The van der Waals surface area contributed by atoms with E-state index in [1.165, 1.54) is 26.2 Å². The monoisotopic (exact) mass is 900 g/mol. The minimum Gasteiger partial charge on any atom is -0.871 e. The smallest absolute Gasteiger partial charge is 0.305 e. The van der Waals surface area contributed by atoms with Crippen molar-refractivity contribution in [3.63, 3.8) is 0 Å². The largest absolute Gasteiger partial charge is 0.871 e. The number of hydrogen-bond acceptors (Lipinski definition) is 7. The third-order valence-corrected chi connectivity index (χ3v) is 11.5. The number of ketones is 2. The lowest BCUT2D eigenvalue weighted by Crippen LogP contribution is -2.48. The summed E-state index contributed by atoms with van der Waals surface area (Å²) in [4.78, 5) is 36.7. The van der Waals surface area contributed by atoms with Gasteiger partial charge < -0.3 is 14.7 Å². The number of carbonyl (C=O) groups excluding carboxylic acids is 2. The van der Waals surface area contributed by atoms with Crippen molar-refractivity contribution in [1.82, 2.24) is 0 Å². The zero-order valence-corrected chi connectivity index (χ0v) is 38.2. The first-order valence-electron chi connectivity index (χ1n) is 22.8. The number of pyridine rings is 2. The molecule has 0 saturated heterocycles. The minimum atomic E-state index is -2.23. The van der Waals surface area contributed by atoms with Crippen LogP contribution >= 0.6 is 0 Å². The molecule has 0 unspecified atom stereocenters. The van der Waals surface area contributed by atoms with Crippen LogP contribution in [0.2, 0.25) is 0 Å². The zero-order chi connectivity index (χ0) is 47.6. The van der Waals surface area contributed by atoms with E-state index in [4.69, 9.17) is 14.3 Å². The highest BCUT2D eigenvalue weighted by Crippen LogP contribution is 2.43. The van der Waals surface area contributed by atoms with Crippen LogP contribution < -0.4 is 29.2 Å². The van der Waals surface area contributed by atoms with Gasteiger partial charge in [0.2, 0.25) is 12.4 Å².